The third kappa shape index (κ3) is 3.81. The maximum absolute atomic E-state index is 14.8. The molecule has 0 unspecified atom stereocenters. The monoisotopic (exact) mass is 378 g/mol. The van der Waals surface area contributed by atoms with Crippen LogP contribution in [0.2, 0.25) is 0 Å². The minimum atomic E-state index is -1.22. The second-order valence-electron chi connectivity index (χ2n) is 7.58. The van der Waals surface area contributed by atoms with Crippen LogP contribution in [0.1, 0.15) is 31.1 Å². The standard InChI is InChI=1S/C18H23FN4O4/c1-18(2,3)27-17(26)23-7-5-22(6-8-23)15-12-10-21(4)20-14(12)11(16(24)25)9-13(15)19/h9-10H,5-8H2,1-4H3,(H,24,25). The lowest BCUT2D eigenvalue weighted by atomic mass is 10.1. The number of carbonyl (C=O) groups is 2. The number of aromatic nitrogens is 2. The Hall–Kier alpha value is -2.84. The summed E-state index contributed by atoms with van der Waals surface area (Å²) in [5.41, 5.74) is -0.184. The smallest absolute Gasteiger partial charge is 0.410 e. The Bertz CT molecular complexity index is 895. The summed E-state index contributed by atoms with van der Waals surface area (Å²) in [5, 5.41) is 13.9. The molecule has 8 nitrogen and oxygen atoms in total. The molecule has 0 spiro atoms. The van der Waals surface area contributed by atoms with Crippen molar-refractivity contribution in [1.29, 1.82) is 0 Å². The van der Waals surface area contributed by atoms with E-state index in [1.54, 1.807) is 38.9 Å². The van der Waals surface area contributed by atoms with Gasteiger partial charge in [0.25, 0.3) is 0 Å². The molecule has 0 saturated carbocycles. The van der Waals surface area contributed by atoms with Gasteiger partial charge in [0.2, 0.25) is 0 Å². The highest BCUT2D eigenvalue weighted by molar-refractivity contribution is 6.06. The van der Waals surface area contributed by atoms with Gasteiger partial charge in [-0.15, -0.1) is 0 Å². The molecule has 2 aromatic rings. The number of hydrogen-bond acceptors (Lipinski definition) is 5. The summed E-state index contributed by atoms with van der Waals surface area (Å²) < 4.78 is 21.6. The number of aryl methyl sites for hydroxylation is 1. The van der Waals surface area contributed by atoms with Crippen LogP contribution >= 0.6 is 0 Å². The maximum Gasteiger partial charge on any atom is 0.410 e. The van der Waals surface area contributed by atoms with Crippen LogP contribution in [0.4, 0.5) is 14.9 Å². The number of fused-ring (bicyclic) bond motifs is 1. The highest BCUT2D eigenvalue weighted by Gasteiger charge is 2.29. The minimum Gasteiger partial charge on any atom is -0.478 e. The van der Waals surface area contributed by atoms with Gasteiger partial charge in [0.05, 0.1) is 11.3 Å². The highest BCUT2D eigenvalue weighted by Crippen LogP contribution is 2.33. The minimum absolute atomic E-state index is 0.167. The van der Waals surface area contributed by atoms with Crippen molar-refractivity contribution in [3.63, 3.8) is 0 Å². The number of aromatic carboxylic acids is 1. The van der Waals surface area contributed by atoms with E-state index in [1.165, 1.54) is 4.68 Å². The maximum atomic E-state index is 14.8. The molecular weight excluding hydrogens is 355 g/mol. The summed E-state index contributed by atoms with van der Waals surface area (Å²) in [5.74, 6) is -1.84. The van der Waals surface area contributed by atoms with Crippen molar-refractivity contribution in [1.82, 2.24) is 14.7 Å². The predicted molar refractivity (Wildman–Crippen MR) is 97.7 cm³/mol. The predicted octanol–water partition coefficient (Wildman–Crippen LogP) is 2.47. The van der Waals surface area contributed by atoms with Crippen molar-refractivity contribution in [3.05, 3.63) is 23.6 Å². The first-order valence-corrected chi connectivity index (χ1v) is 8.69. The number of benzene rings is 1. The third-order valence-corrected chi connectivity index (χ3v) is 4.31. The molecule has 2 heterocycles. The Morgan fingerprint density at radius 1 is 1.22 bits per heavy atom. The van der Waals surface area contributed by atoms with Gasteiger partial charge in [-0.25, -0.2) is 14.0 Å². The number of hydrogen-bond donors (Lipinski definition) is 1. The molecule has 1 amide bonds. The van der Waals surface area contributed by atoms with Crippen molar-refractivity contribution in [2.24, 2.45) is 7.05 Å². The Kier molecular flexibility index (Phi) is 4.71. The van der Waals surface area contributed by atoms with E-state index in [0.717, 1.165) is 6.07 Å². The number of rotatable bonds is 2. The van der Waals surface area contributed by atoms with Gasteiger partial charge < -0.3 is 19.6 Å². The molecular formula is C18H23FN4O4. The second-order valence-corrected chi connectivity index (χ2v) is 7.58. The molecule has 1 aliphatic heterocycles. The average molecular weight is 378 g/mol. The molecule has 1 fully saturated rings. The summed E-state index contributed by atoms with van der Waals surface area (Å²) in [6, 6.07) is 1.01. The Labute approximate surface area is 156 Å². The number of halogens is 1. The molecule has 1 aromatic heterocycles. The topological polar surface area (TPSA) is 87.9 Å². The van der Waals surface area contributed by atoms with Gasteiger partial charge in [-0.05, 0) is 26.8 Å². The second kappa shape index (κ2) is 6.71. The van der Waals surface area contributed by atoms with Gasteiger partial charge in [-0.1, -0.05) is 0 Å². The van der Waals surface area contributed by atoms with E-state index in [0.29, 0.717) is 37.3 Å². The summed E-state index contributed by atoms with van der Waals surface area (Å²) in [6.45, 7) is 7.01. The molecule has 0 atom stereocenters. The number of carboxylic acids is 1. The molecule has 27 heavy (non-hydrogen) atoms. The number of carboxylic acid groups (broad SMARTS) is 1. The molecule has 1 N–H and O–H groups in total. The lowest BCUT2D eigenvalue weighted by Gasteiger charge is -2.37. The molecule has 3 rings (SSSR count). The van der Waals surface area contributed by atoms with Gasteiger partial charge in [0.15, 0.2) is 0 Å². The quantitative estimate of drug-likeness (QED) is 0.864. The molecule has 0 radical (unpaired) electrons. The molecule has 1 aliphatic rings. The number of anilines is 1. The van der Waals surface area contributed by atoms with E-state index in [4.69, 9.17) is 4.74 Å². The summed E-state index contributed by atoms with van der Waals surface area (Å²) >= 11 is 0. The van der Waals surface area contributed by atoms with Gasteiger partial charge in [-0.2, -0.15) is 5.10 Å². The van der Waals surface area contributed by atoms with E-state index in [9.17, 15) is 19.1 Å². The SMILES string of the molecule is Cn1cc2c(N3CCN(C(=O)OC(C)(C)C)CC3)c(F)cc(C(=O)O)c2n1. The van der Waals surface area contributed by atoms with Crippen LogP contribution < -0.4 is 4.90 Å². The van der Waals surface area contributed by atoms with Crippen LogP contribution in [-0.2, 0) is 11.8 Å². The van der Waals surface area contributed by atoms with Crippen molar-refractivity contribution < 1.29 is 23.8 Å². The van der Waals surface area contributed by atoms with Crippen molar-refractivity contribution in [2.75, 3.05) is 31.1 Å². The zero-order valence-electron chi connectivity index (χ0n) is 15.8. The molecule has 0 bridgehead atoms. The van der Waals surface area contributed by atoms with Crippen molar-refractivity contribution >= 4 is 28.7 Å². The molecule has 1 saturated heterocycles. The van der Waals surface area contributed by atoms with Crippen molar-refractivity contribution in [2.45, 2.75) is 26.4 Å². The molecule has 9 heteroatoms. The van der Waals surface area contributed by atoms with Gasteiger partial charge in [0.1, 0.15) is 16.9 Å². The lowest BCUT2D eigenvalue weighted by molar-refractivity contribution is 0.0240. The Morgan fingerprint density at radius 3 is 2.41 bits per heavy atom. The van der Waals surface area contributed by atoms with Crippen molar-refractivity contribution in [3.8, 4) is 0 Å². The van der Waals surface area contributed by atoms with E-state index in [1.807, 2.05) is 4.90 Å². The fourth-order valence-corrected chi connectivity index (χ4v) is 3.18. The number of nitrogens with zero attached hydrogens (tertiary/aromatic N) is 4. The zero-order valence-corrected chi connectivity index (χ0v) is 15.8. The number of carbonyl (C=O) groups excluding carboxylic acids is 1. The van der Waals surface area contributed by atoms with Crippen LogP contribution in [0.15, 0.2) is 12.3 Å². The first kappa shape index (κ1) is 18.9. The normalized spacial score (nSPS) is 15.3. The summed E-state index contributed by atoms with van der Waals surface area (Å²) in [4.78, 5) is 27.0. The number of amides is 1. The first-order chi connectivity index (χ1) is 12.6. The third-order valence-electron chi connectivity index (χ3n) is 4.31. The van der Waals surface area contributed by atoms with Crippen LogP contribution in [0.3, 0.4) is 0 Å². The summed E-state index contributed by atoms with van der Waals surface area (Å²) in [6.07, 6.45) is 1.22. The van der Waals surface area contributed by atoms with E-state index in [2.05, 4.69) is 5.10 Å². The van der Waals surface area contributed by atoms with Gasteiger partial charge >= 0.3 is 12.1 Å². The van der Waals surface area contributed by atoms with Gasteiger partial charge in [0, 0.05) is 44.8 Å². The Balaban J connectivity index is 1.86. The van der Waals surface area contributed by atoms with Crippen LogP contribution in [0.5, 0.6) is 0 Å². The van der Waals surface area contributed by atoms with Crippen LogP contribution in [0, 0.1) is 5.82 Å². The Morgan fingerprint density at radius 2 is 1.85 bits per heavy atom. The summed E-state index contributed by atoms with van der Waals surface area (Å²) in [7, 11) is 1.66. The molecule has 146 valence electrons. The lowest BCUT2D eigenvalue weighted by Crippen LogP contribution is -2.50. The van der Waals surface area contributed by atoms with E-state index < -0.39 is 23.5 Å². The largest absolute Gasteiger partial charge is 0.478 e. The molecule has 1 aromatic carbocycles. The van der Waals surface area contributed by atoms with E-state index in [-0.39, 0.29) is 11.1 Å². The highest BCUT2D eigenvalue weighted by atomic mass is 19.1. The van der Waals surface area contributed by atoms with Crippen LogP contribution in [0.25, 0.3) is 10.9 Å². The zero-order chi connectivity index (χ0) is 19.9. The fraction of sp³-hybridized carbons (Fsp3) is 0.500. The van der Waals surface area contributed by atoms with Gasteiger partial charge in [-0.3, -0.25) is 4.68 Å². The van der Waals surface area contributed by atoms with E-state index >= 15 is 0 Å². The first-order valence-electron chi connectivity index (χ1n) is 8.69. The van der Waals surface area contributed by atoms with Crippen LogP contribution in [-0.4, -0.2) is 63.6 Å². The fourth-order valence-electron chi connectivity index (χ4n) is 3.18. The molecule has 0 aliphatic carbocycles. The number of ether oxygens (including phenoxy) is 1. The average Bonchev–Trinajstić information content (AvgIpc) is 2.93. The number of piperazine rings is 1.